The molecule has 1 aromatic rings. The predicted molar refractivity (Wildman–Crippen MR) is 97.7 cm³/mol. The Morgan fingerprint density at radius 1 is 1.20 bits per heavy atom. The van der Waals surface area contributed by atoms with Gasteiger partial charge in [0.15, 0.2) is 0 Å². The predicted octanol–water partition coefficient (Wildman–Crippen LogP) is 2.55. The molecule has 0 N–H and O–H groups in total. The molecule has 25 heavy (non-hydrogen) atoms. The van der Waals surface area contributed by atoms with Gasteiger partial charge in [0.1, 0.15) is 0 Å². The van der Waals surface area contributed by atoms with E-state index in [1.54, 1.807) is 0 Å². The summed E-state index contributed by atoms with van der Waals surface area (Å²) in [6, 6.07) is 8.41. The minimum Gasteiger partial charge on any atom is -0.465 e. The standard InChI is InChI=1S/C20H30N2O3/c1-15-11-21(12-16(2)25-15)14-19-5-4-10-22(19)13-17-6-8-18(9-7-17)20(23)24-3/h6-9,15-16,19H,4-5,10-14H2,1-3H3/t15-,16-,19+/m0/s1. The van der Waals surface area contributed by atoms with Crippen LogP contribution in [-0.2, 0) is 16.0 Å². The van der Waals surface area contributed by atoms with E-state index in [2.05, 4.69) is 23.6 Å². The summed E-state index contributed by atoms with van der Waals surface area (Å²) in [6.07, 6.45) is 3.18. The Morgan fingerprint density at radius 3 is 2.52 bits per heavy atom. The van der Waals surface area contributed by atoms with Gasteiger partial charge in [-0.2, -0.15) is 0 Å². The number of morpholine rings is 1. The molecule has 1 aromatic carbocycles. The first-order chi connectivity index (χ1) is 12.0. The number of ether oxygens (including phenoxy) is 2. The molecule has 2 heterocycles. The van der Waals surface area contributed by atoms with Crippen molar-refractivity contribution in [2.24, 2.45) is 0 Å². The van der Waals surface area contributed by atoms with Gasteiger partial charge in [0.25, 0.3) is 0 Å². The maximum absolute atomic E-state index is 11.5. The largest absolute Gasteiger partial charge is 0.465 e. The lowest BCUT2D eigenvalue weighted by Gasteiger charge is -2.38. The minimum absolute atomic E-state index is 0.277. The number of hydrogen-bond donors (Lipinski definition) is 0. The van der Waals surface area contributed by atoms with Gasteiger partial charge < -0.3 is 9.47 Å². The Labute approximate surface area is 150 Å². The molecule has 5 heteroatoms. The van der Waals surface area contributed by atoms with Gasteiger partial charge in [-0.05, 0) is 50.9 Å². The number of carbonyl (C=O) groups is 1. The smallest absolute Gasteiger partial charge is 0.337 e. The third-order valence-corrected chi connectivity index (χ3v) is 5.22. The molecule has 3 atom stereocenters. The number of methoxy groups -OCH3 is 1. The Hall–Kier alpha value is -1.43. The lowest BCUT2D eigenvalue weighted by molar-refractivity contribution is -0.0724. The number of rotatable bonds is 5. The molecule has 0 spiro atoms. The molecule has 0 unspecified atom stereocenters. The van der Waals surface area contributed by atoms with E-state index < -0.39 is 0 Å². The molecule has 138 valence electrons. The molecular weight excluding hydrogens is 316 g/mol. The summed E-state index contributed by atoms with van der Waals surface area (Å²) in [5.74, 6) is -0.277. The SMILES string of the molecule is COC(=O)c1ccc(CN2CCC[C@@H]2CN2C[C@H](C)O[C@@H](C)C2)cc1. The van der Waals surface area contributed by atoms with Crippen LogP contribution < -0.4 is 0 Å². The number of carbonyl (C=O) groups excluding carboxylic acids is 1. The molecule has 0 bridgehead atoms. The van der Waals surface area contributed by atoms with Crippen LogP contribution in [0.15, 0.2) is 24.3 Å². The van der Waals surface area contributed by atoms with Crippen LogP contribution in [0.25, 0.3) is 0 Å². The minimum atomic E-state index is -0.277. The average Bonchev–Trinajstić information content (AvgIpc) is 3.00. The van der Waals surface area contributed by atoms with Gasteiger partial charge in [-0.3, -0.25) is 9.80 Å². The fourth-order valence-electron chi connectivity index (χ4n) is 4.14. The van der Waals surface area contributed by atoms with Crippen molar-refractivity contribution in [3.63, 3.8) is 0 Å². The van der Waals surface area contributed by atoms with Gasteiger partial charge in [0.2, 0.25) is 0 Å². The van der Waals surface area contributed by atoms with Crippen LogP contribution in [0.4, 0.5) is 0 Å². The van der Waals surface area contributed by atoms with Gasteiger partial charge in [-0.1, -0.05) is 12.1 Å². The second-order valence-corrected chi connectivity index (χ2v) is 7.43. The average molecular weight is 346 g/mol. The van der Waals surface area contributed by atoms with Crippen molar-refractivity contribution in [2.75, 3.05) is 33.3 Å². The fourth-order valence-corrected chi connectivity index (χ4v) is 4.14. The topological polar surface area (TPSA) is 42.0 Å². The first-order valence-electron chi connectivity index (χ1n) is 9.34. The second kappa shape index (κ2) is 8.30. The quantitative estimate of drug-likeness (QED) is 0.767. The van der Waals surface area contributed by atoms with E-state index in [-0.39, 0.29) is 5.97 Å². The van der Waals surface area contributed by atoms with Crippen LogP contribution in [-0.4, -0.2) is 67.3 Å². The molecule has 2 saturated heterocycles. The van der Waals surface area contributed by atoms with E-state index in [1.165, 1.54) is 25.5 Å². The number of likely N-dealkylation sites (tertiary alicyclic amines) is 1. The monoisotopic (exact) mass is 346 g/mol. The first kappa shape index (κ1) is 18.4. The summed E-state index contributed by atoms with van der Waals surface area (Å²) in [7, 11) is 1.42. The molecule has 2 aliphatic rings. The van der Waals surface area contributed by atoms with Crippen LogP contribution in [0.5, 0.6) is 0 Å². The van der Waals surface area contributed by atoms with Crippen molar-refractivity contribution in [1.29, 1.82) is 0 Å². The third kappa shape index (κ3) is 4.81. The van der Waals surface area contributed by atoms with Crippen LogP contribution in [0.2, 0.25) is 0 Å². The van der Waals surface area contributed by atoms with Crippen LogP contribution in [0.1, 0.15) is 42.6 Å². The van der Waals surface area contributed by atoms with Crippen LogP contribution in [0.3, 0.4) is 0 Å². The number of hydrogen-bond acceptors (Lipinski definition) is 5. The van der Waals surface area contributed by atoms with E-state index in [9.17, 15) is 4.79 Å². The Kier molecular flexibility index (Phi) is 6.10. The van der Waals surface area contributed by atoms with Crippen molar-refractivity contribution in [3.8, 4) is 0 Å². The van der Waals surface area contributed by atoms with Crippen LogP contribution >= 0.6 is 0 Å². The normalized spacial score (nSPS) is 28.2. The molecule has 0 amide bonds. The van der Waals surface area contributed by atoms with Gasteiger partial charge in [-0.25, -0.2) is 4.79 Å². The zero-order chi connectivity index (χ0) is 17.8. The highest BCUT2D eigenvalue weighted by Crippen LogP contribution is 2.23. The molecule has 0 radical (unpaired) electrons. The van der Waals surface area contributed by atoms with E-state index in [0.29, 0.717) is 23.8 Å². The number of esters is 1. The molecule has 3 rings (SSSR count). The summed E-state index contributed by atoms with van der Waals surface area (Å²) in [6.45, 7) is 9.61. The first-order valence-corrected chi connectivity index (χ1v) is 9.34. The van der Waals surface area contributed by atoms with Crippen molar-refractivity contribution in [1.82, 2.24) is 9.80 Å². The molecule has 0 aliphatic carbocycles. The summed E-state index contributed by atoms with van der Waals surface area (Å²) < 4.78 is 10.6. The zero-order valence-corrected chi connectivity index (χ0v) is 15.6. The molecule has 0 saturated carbocycles. The van der Waals surface area contributed by atoms with E-state index >= 15 is 0 Å². The molecule has 2 fully saturated rings. The zero-order valence-electron chi connectivity index (χ0n) is 15.6. The van der Waals surface area contributed by atoms with Crippen molar-refractivity contribution in [2.45, 2.75) is 51.5 Å². The van der Waals surface area contributed by atoms with Crippen molar-refractivity contribution < 1.29 is 14.3 Å². The summed E-state index contributed by atoms with van der Waals surface area (Å²) in [5.41, 5.74) is 1.86. The van der Waals surface area contributed by atoms with E-state index in [0.717, 1.165) is 32.7 Å². The van der Waals surface area contributed by atoms with Crippen molar-refractivity contribution >= 4 is 5.97 Å². The van der Waals surface area contributed by atoms with Crippen molar-refractivity contribution in [3.05, 3.63) is 35.4 Å². The highest BCUT2D eigenvalue weighted by atomic mass is 16.5. The van der Waals surface area contributed by atoms with E-state index in [1.807, 2.05) is 24.3 Å². The maximum atomic E-state index is 11.5. The van der Waals surface area contributed by atoms with E-state index in [4.69, 9.17) is 9.47 Å². The fraction of sp³-hybridized carbons (Fsp3) is 0.650. The number of nitrogens with zero attached hydrogens (tertiary/aromatic N) is 2. The summed E-state index contributed by atoms with van der Waals surface area (Å²) >= 11 is 0. The Balaban J connectivity index is 1.57. The lowest BCUT2D eigenvalue weighted by Crippen LogP contribution is -2.50. The molecular formula is C20H30N2O3. The lowest BCUT2D eigenvalue weighted by atomic mass is 10.1. The highest BCUT2D eigenvalue weighted by Gasteiger charge is 2.29. The Bertz CT molecular complexity index is 565. The maximum Gasteiger partial charge on any atom is 0.337 e. The van der Waals surface area contributed by atoms with Gasteiger partial charge in [-0.15, -0.1) is 0 Å². The molecule has 5 nitrogen and oxygen atoms in total. The van der Waals surface area contributed by atoms with Gasteiger partial charge >= 0.3 is 5.97 Å². The Morgan fingerprint density at radius 2 is 1.88 bits per heavy atom. The summed E-state index contributed by atoms with van der Waals surface area (Å²) in [4.78, 5) is 16.7. The third-order valence-electron chi connectivity index (χ3n) is 5.22. The second-order valence-electron chi connectivity index (χ2n) is 7.43. The molecule has 2 aliphatic heterocycles. The van der Waals surface area contributed by atoms with Crippen LogP contribution in [0, 0.1) is 0 Å². The van der Waals surface area contributed by atoms with Gasteiger partial charge in [0, 0.05) is 32.2 Å². The highest BCUT2D eigenvalue weighted by molar-refractivity contribution is 5.89. The number of benzene rings is 1. The van der Waals surface area contributed by atoms with Gasteiger partial charge in [0.05, 0.1) is 24.9 Å². The summed E-state index contributed by atoms with van der Waals surface area (Å²) in [5, 5.41) is 0. The molecule has 0 aromatic heterocycles.